The number of fused-ring (bicyclic) bond motifs is 1. The summed E-state index contributed by atoms with van der Waals surface area (Å²) in [5, 5.41) is 0. The van der Waals surface area contributed by atoms with Crippen molar-refractivity contribution in [3.8, 4) is 0 Å². The molecule has 1 aliphatic rings. The fourth-order valence-corrected chi connectivity index (χ4v) is 2.66. The normalized spacial score (nSPS) is 14.9. The van der Waals surface area contributed by atoms with E-state index in [0.717, 1.165) is 17.9 Å². The Morgan fingerprint density at radius 3 is 2.79 bits per heavy atom. The van der Waals surface area contributed by atoms with Crippen LogP contribution in [0.5, 0.6) is 0 Å². The Balaban J connectivity index is 1.99. The van der Waals surface area contributed by atoms with Crippen molar-refractivity contribution >= 4 is 11.4 Å². The summed E-state index contributed by atoms with van der Waals surface area (Å²) in [5.74, 6) is 0. The van der Waals surface area contributed by atoms with Gasteiger partial charge in [0.05, 0.1) is 17.6 Å². The fraction of sp³-hybridized carbons (Fsp3) is 0.312. The molecule has 2 heterocycles. The van der Waals surface area contributed by atoms with Gasteiger partial charge < -0.3 is 10.6 Å². The highest BCUT2D eigenvalue weighted by molar-refractivity contribution is 5.66. The van der Waals surface area contributed by atoms with Gasteiger partial charge in [-0.1, -0.05) is 18.2 Å². The zero-order valence-electron chi connectivity index (χ0n) is 11.0. The molecule has 0 unspecified atom stereocenters. The van der Waals surface area contributed by atoms with Crippen LogP contribution in [0.1, 0.15) is 24.1 Å². The summed E-state index contributed by atoms with van der Waals surface area (Å²) in [4.78, 5) is 6.78. The summed E-state index contributed by atoms with van der Waals surface area (Å²) in [7, 11) is 0. The molecule has 0 aliphatic carbocycles. The number of nitrogens with zero attached hydrogens (tertiary/aromatic N) is 2. The van der Waals surface area contributed by atoms with Gasteiger partial charge in [0.2, 0.25) is 0 Å². The first-order valence-corrected chi connectivity index (χ1v) is 6.89. The number of nitrogens with two attached hydrogens (primary N) is 1. The zero-order chi connectivity index (χ0) is 13.1. The second-order valence-corrected chi connectivity index (χ2v) is 4.95. The lowest BCUT2D eigenvalue weighted by Gasteiger charge is -2.24. The average molecular weight is 253 g/mol. The number of hydrogen-bond donors (Lipinski definition) is 1. The number of aromatic nitrogens is 1. The van der Waals surface area contributed by atoms with Gasteiger partial charge in [0, 0.05) is 18.8 Å². The number of anilines is 2. The summed E-state index contributed by atoms with van der Waals surface area (Å²) < 4.78 is 0. The van der Waals surface area contributed by atoms with Gasteiger partial charge >= 0.3 is 0 Å². The molecule has 98 valence electrons. The van der Waals surface area contributed by atoms with Crippen LogP contribution in [0.4, 0.5) is 11.4 Å². The van der Waals surface area contributed by atoms with E-state index >= 15 is 0 Å². The van der Waals surface area contributed by atoms with E-state index in [2.05, 4.69) is 40.2 Å². The second kappa shape index (κ2) is 5.41. The maximum atomic E-state index is 5.60. The highest BCUT2D eigenvalue weighted by atomic mass is 15.1. The Labute approximate surface area is 114 Å². The fourth-order valence-electron chi connectivity index (χ4n) is 2.66. The molecular weight excluding hydrogens is 234 g/mol. The number of pyridine rings is 1. The number of aryl methyl sites for hydroxylation is 1. The monoisotopic (exact) mass is 253 g/mol. The lowest BCUT2D eigenvalue weighted by atomic mass is 10.1. The van der Waals surface area contributed by atoms with Crippen molar-refractivity contribution in [3.63, 3.8) is 0 Å². The van der Waals surface area contributed by atoms with Crippen LogP contribution < -0.4 is 10.6 Å². The lowest BCUT2D eigenvalue weighted by molar-refractivity contribution is 0.760. The molecule has 1 aliphatic heterocycles. The van der Waals surface area contributed by atoms with E-state index in [4.69, 9.17) is 5.73 Å². The first-order chi connectivity index (χ1) is 9.38. The molecular formula is C16H19N3. The maximum Gasteiger partial charge on any atom is 0.0597 e. The van der Waals surface area contributed by atoms with Crippen LogP contribution in [0.2, 0.25) is 0 Å². The number of benzene rings is 1. The van der Waals surface area contributed by atoms with E-state index in [9.17, 15) is 0 Å². The van der Waals surface area contributed by atoms with Crippen LogP contribution >= 0.6 is 0 Å². The molecule has 0 spiro atoms. The van der Waals surface area contributed by atoms with Crippen molar-refractivity contribution in [3.05, 3.63) is 53.9 Å². The SMILES string of the molecule is NCc1ccc(N2CCCCc3ccccc32)cn1. The third-order valence-corrected chi connectivity index (χ3v) is 3.69. The molecule has 2 N–H and O–H groups in total. The van der Waals surface area contributed by atoms with Crippen molar-refractivity contribution < 1.29 is 0 Å². The van der Waals surface area contributed by atoms with Crippen LogP contribution in [0, 0.1) is 0 Å². The second-order valence-electron chi connectivity index (χ2n) is 4.95. The van der Waals surface area contributed by atoms with Gasteiger partial charge in [0.15, 0.2) is 0 Å². The van der Waals surface area contributed by atoms with Crippen LogP contribution in [-0.2, 0) is 13.0 Å². The third kappa shape index (κ3) is 2.47. The standard InChI is InChI=1S/C16H19N3/c17-11-14-8-9-15(12-18-14)19-10-4-3-6-13-5-1-2-7-16(13)19/h1-2,5,7-9,12H,3-4,6,10-11,17H2. The van der Waals surface area contributed by atoms with Crippen LogP contribution in [0.15, 0.2) is 42.6 Å². The van der Waals surface area contributed by atoms with Crippen molar-refractivity contribution in [2.75, 3.05) is 11.4 Å². The molecule has 0 saturated carbocycles. The molecule has 0 amide bonds. The topological polar surface area (TPSA) is 42.1 Å². The third-order valence-electron chi connectivity index (χ3n) is 3.69. The first-order valence-electron chi connectivity index (χ1n) is 6.89. The Kier molecular flexibility index (Phi) is 3.47. The van der Waals surface area contributed by atoms with E-state index in [-0.39, 0.29) is 0 Å². The molecule has 0 fully saturated rings. The van der Waals surface area contributed by atoms with Gasteiger partial charge in [-0.2, -0.15) is 0 Å². The average Bonchev–Trinajstić information content (AvgIpc) is 2.70. The Bertz CT molecular complexity index is 548. The zero-order valence-corrected chi connectivity index (χ0v) is 11.0. The largest absolute Gasteiger partial charge is 0.340 e. The molecule has 3 nitrogen and oxygen atoms in total. The number of para-hydroxylation sites is 1. The predicted octanol–water partition coefficient (Wildman–Crippen LogP) is 3.01. The summed E-state index contributed by atoms with van der Waals surface area (Å²) >= 11 is 0. The minimum atomic E-state index is 0.497. The van der Waals surface area contributed by atoms with Gasteiger partial charge in [-0.25, -0.2) is 0 Å². The van der Waals surface area contributed by atoms with Gasteiger partial charge in [-0.15, -0.1) is 0 Å². The first kappa shape index (κ1) is 12.2. The highest BCUT2D eigenvalue weighted by Gasteiger charge is 2.16. The van der Waals surface area contributed by atoms with Gasteiger partial charge in [0.25, 0.3) is 0 Å². The summed E-state index contributed by atoms with van der Waals surface area (Å²) in [5.41, 5.74) is 10.5. The number of rotatable bonds is 2. The van der Waals surface area contributed by atoms with Crippen LogP contribution in [0.3, 0.4) is 0 Å². The van der Waals surface area contributed by atoms with Crippen molar-refractivity contribution in [2.45, 2.75) is 25.8 Å². The Morgan fingerprint density at radius 2 is 2.00 bits per heavy atom. The summed E-state index contributed by atoms with van der Waals surface area (Å²) in [6.07, 6.45) is 5.57. The van der Waals surface area contributed by atoms with Crippen molar-refractivity contribution in [2.24, 2.45) is 5.73 Å². The molecule has 1 aromatic carbocycles. The van der Waals surface area contributed by atoms with E-state index < -0.39 is 0 Å². The Morgan fingerprint density at radius 1 is 1.11 bits per heavy atom. The van der Waals surface area contributed by atoms with Crippen LogP contribution in [-0.4, -0.2) is 11.5 Å². The smallest absolute Gasteiger partial charge is 0.0597 e. The summed E-state index contributed by atoms with van der Waals surface area (Å²) in [6.45, 7) is 1.55. The lowest BCUT2D eigenvalue weighted by Crippen LogP contribution is -2.18. The van der Waals surface area contributed by atoms with E-state index in [1.165, 1.54) is 30.5 Å². The molecule has 0 bridgehead atoms. The molecule has 1 aromatic heterocycles. The molecule has 0 radical (unpaired) electrons. The molecule has 3 heteroatoms. The summed E-state index contributed by atoms with van der Waals surface area (Å²) in [6, 6.07) is 12.8. The minimum Gasteiger partial charge on any atom is -0.340 e. The van der Waals surface area contributed by atoms with Crippen molar-refractivity contribution in [1.29, 1.82) is 0 Å². The van der Waals surface area contributed by atoms with Crippen LogP contribution in [0.25, 0.3) is 0 Å². The number of hydrogen-bond acceptors (Lipinski definition) is 3. The molecule has 19 heavy (non-hydrogen) atoms. The highest BCUT2D eigenvalue weighted by Crippen LogP contribution is 2.31. The van der Waals surface area contributed by atoms with E-state index in [1.807, 2.05) is 12.3 Å². The molecule has 0 atom stereocenters. The van der Waals surface area contributed by atoms with E-state index in [1.54, 1.807) is 0 Å². The minimum absolute atomic E-state index is 0.497. The van der Waals surface area contributed by atoms with Crippen molar-refractivity contribution in [1.82, 2.24) is 4.98 Å². The molecule has 2 aromatic rings. The van der Waals surface area contributed by atoms with Gasteiger partial charge in [0.1, 0.15) is 0 Å². The quantitative estimate of drug-likeness (QED) is 0.894. The Hall–Kier alpha value is -1.87. The van der Waals surface area contributed by atoms with Gasteiger partial charge in [-0.05, 0) is 43.0 Å². The molecule has 0 saturated heterocycles. The molecule has 3 rings (SSSR count). The van der Waals surface area contributed by atoms with Gasteiger partial charge in [-0.3, -0.25) is 4.98 Å². The van der Waals surface area contributed by atoms with E-state index in [0.29, 0.717) is 6.54 Å². The predicted molar refractivity (Wildman–Crippen MR) is 78.5 cm³/mol. The maximum absolute atomic E-state index is 5.60.